The molecule has 1 saturated heterocycles. The van der Waals surface area contributed by atoms with E-state index in [-0.39, 0.29) is 12.6 Å². The molecule has 0 aliphatic carbocycles. The molecule has 0 spiro atoms. The van der Waals surface area contributed by atoms with Gasteiger partial charge in [-0.05, 0) is 6.42 Å². The van der Waals surface area contributed by atoms with Crippen molar-refractivity contribution in [3.05, 3.63) is 5.82 Å². The van der Waals surface area contributed by atoms with Crippen molar-refractivity contribution in [1.29, 1.82) is 0 Å². The fourth-order valence-corrected chi connectivity index (χ4v) is 2.75. The molecule has 2 rings (SSSR count). The van der Waals surface area contributed by atoms with E-state index in [1.807, 2.05) is 11.9 Å². The second kappa shape index (κ2) is 5.62. The fraction of sp³-hybridized carbons (Fsp3) is 0.727. The van der Waals surface area contributed by atoms with Crippen LogP contribution >= 0.6 is 11.5 Å². The van der Waals surface area contributed by atoms with Crippen LogP contribution in [0.3, 0.4) is 0 Å². The number of likely N-dealkylation sites (N-methyl/N-ethyl adjacent to an activating group) is 1. The topological polar surface area (TPSA) is 75.6 Å². The number of carboxylic acid groups (broad SMARTS) is 1. The van der Waals surface area contributed by atoms with Crippen molar-refractivity contribution >= 4 is 22.6 Å². The SMILES string of the molecule is CCCc1nsc(N(C)C2COCC2C(=O)O)n1. The molecular formula is C11H17N3O3S. The van der Waals surface area contributed by atoms with Gasteiger partial charge in [0, 0.05) is 25.0 Å². The van der Waals surface area contributed by atoms with E-state index in [1.165, 1.54) is 11.5 Å². The first-order chi connectivity index (χ1) is 8.63. The van der Waals surface area contributed by atoms with E-state index >= 15 is 0 Å². The first-order valence-electron chi connectivity index (χ1n) is 5.99. The van der Waals surface area contributed by atoms with Crippen LogP contribution in [-0.2, 0) is 16.0 Å². The molecule has 1 aromatic heterocycles. The average Bonchev–Trinajstić information content (AvgIpc) is 2.96. The number of hydrogen-bond acceptors (Lipinski definition) is 6. The van der Waals surface area contributed by atoms with Crippen molar-refractivity contribution in [3.63, 3.8) is 0 Å². The molecule has 0 saturated carbocycles. The Balaban J connectivity index is 2.09. The number of rotatable bonds is 5. The lowest BCUT2D eigenvalue weighted by atomic mass is 10.0. The van der Waals surface area contributed by atoms with E-state index in [4.69, 9.17) is 9.84 Å². The van der Waals surface area contributed by atoms with Gasteiger partial charge in [0.25, 0.3) is 0 Å². The molecule has 7 heteroatoms. The zero-order chi connectivity index (χ0) is 13.1. The molecule has 1 fully saturated rings. The number of hydrogen-bond donors (Lipinski definition) is 1. The second-order valence-corrected chi connectivity index (χ2v) is 5.13. The number of carboxylic acids is 1. The van der Waals surface area contributed by atoms with Gasteiger partial charge in [-0.1, -0.05) is 6.92 Å². The third-order valence-electron chi connectivity index (χ3n) is 3.10. The lowest BCUT2D eigenvalue weighted by Crippen LogP contribution is -2.40. The Labute approximate surface area is 110 Å². The summed E-state index contributed by atoms with van der Waals surface area (Å²) in [5.74, 6) is -0.480. The van der Waals surface area contributed by atoms with Gasteiger partial charge < -0.3 is 14.7 Å². The smallest absolute Gasteiger partial charge is 0.311 e. The summed E-state index contributed by atoms with van der Waals surface area (Å²) in [7, 11) is 1.85. The van der Waals surface area contributed by atoms with Crippen LogP contribution in [0.4, 0.5) is 5.13 Å². The number of aliphatic carboxylic acids is 1. The minimum Gasteiger partial charge on any atom is -0.481 e. The minimum absolute atomic E-state index is 0.162. The third-order valence-corrected chi connectivity index (χ3v) is 3.94. The van der Waals surface area contributed by atoms with Gasteiger partial charge >= 0.3 is 5.97 Å². The Hall–Kier alpha value is -1.21. The van der Waals surface area contributed by atoms with Gasteiger partial charge in [-0.25, -0.2) is 4.98 Å². The van der Waals surface area contributed by atoms with E-state index in [1.54, 1.807) is 0 Å². The highest BCUT2D eigenvalue weighted by Crippen LogP contribution is 2.25. The maximum Gasteiger partial charge on any atom is 0.311 e. The molecule has 0 radical (unpaired) electrons. The van der Waals surface area contributed by atoms with Crippen molar-refractivity contribution < 1.29 is 14.6 Å². The molecule has 2 unspecified atom stereocenters. The molecule has 2 heterocycles. The van der Waals surface area contributed by atoms with Crippen molar-refractivity contribution in [2.24, 2.45) is 5.92 Å². The summed E-state index contributed by atoms with van der Waals surface area (Å²) < 4.78 is 9.53. The third kappa shape index (κ3) is 2.62. The van der Waals surface area contributed by atoms with Crippen molar-refractivity contribution in [2.75, 3.05) is 25.2 Å². The quantitative estimate of drug-likeness (QED) is 0.862. The molecule has 1 N–H and O–H groups in total. The van der Waals surface area contributed by atoms with Crippen LogP contribution in [0.25, 0.3) is 0 Å². The highest BCUT2D eigenvalue weighted by atomic mass is 32.1. The molecule has 100 valence electrons. The van der Waals surface area contributed by atoms with Gasteiger partial charge in [0.1, 0.15) is 11.7 Å². The van der Waals surface area contributed by atoms with Gasteiger partial charge in [0.15, 0.2) is 0 Å². The molecule has 6 nitrogen and oxygen atoms in total. The number of aromatic nitrogens is 2. The van der Waals surface area contributed by atoms with Gasteiger partial charge in [0.05, 0.1) is 19.3 Å². The van der Waals surface area contributed by atoms with Crippen LogP contribution in [0.2, 0.25) is 0 Å². The molecule has 1 aliphatic rings. The van der Waals surface area contributed by atoms with E-state index in [2.05, 4.69) is 16.3 Å². The summed E-state index contributed by atoms with van der Waals surface area (Å²) in [6, 6.07) is -0.162. The monoisotopic (exact) mass is 271 g/mol. The number of nitrogens with zero attached hydrogens (tertiary/aromatic N) is 3. The van der Waals surface area contributed by atoms with Gasteiger partial charge in [0.2, 0.25) is 5.13 Å². The first kappa shape index (κ1) is 13.2. The van der Waals surface area contributed by atoms with Crippen LogP contribution in [0.15, 0.2) is 0 Å². The highest BCUT2D eigenvalue weighted by Gasteiger charge is 2.37. The molecular weight excluding hydrogens is 254 g/mol. The minimum atomic E-state index is -0.817. The maximum atomic E-state index is 11.1. The lowest BCUT2D eigenvalue weighted by molar-refractivity contribution is -0.141. The Morgan fingerprint density at radius 2 is 2.39 bits per heavy atom. The number of ether oxygens (including phenoxy) is 1. The Bertz CT molecular complexity index is 423. The van der Waals surface area contributed by atoms with E-state index < -0.39 is 11.9 Å². The van der Waals surface area contributed by atoms with Crippen LogP contribution in [0.5, 0.6) is 0 Å². The first-order valence-corrected chi connectivity index (χ1v) is 6.76. The van der Waals surface area contributed by atoms with Gasteiger partial charge in [-0.3, -0.25) is 4.79 Å². The normalized spacial score (nSPS) is 23.2. The van der Waals surface area contributed by atoms with Crippen LogP contribution < -0.4 is 4.90 Å². The second-order valence-electron chi connectivity index (χ2n) is 4.40. The Kier molecular flexibility index (Phi) is 4.13. The van der Waals surface area contributed by atoms with E-state index in [0.717, 1.165) is 23.8 Å². The molecule has 0 bridgehead atoms. The largest absolute Gasteiger partial charge is 0.481 e. The molecule has 0 amide bonds. The van der Waals surface area contributed by atoms with E-state index in [9.17, 15) is 4.79 Å². The molecule has 0 aromatic carbocycles. The highest BCUT2D eigenvalue weighted by molar-refractivity contribution is 7.09. The van der Waals surface area contributed by atoms with Crippen LogP contribution in [0, 0.1) is 5.92 Å². The molecule has 2 atom stereocenters. The van der Waals surface area contributed by atoms with E-state index in [0.29, 0.717) is 6.61 Å². The fourth-order valence-electron chi connectivity index (χ4n) is 2.02. The number of carbonyl (C=O) groups is 1. The molecule has 1 aromatic rings. The van der Waals surface area contributed by atoms with Gasteiger partial charge in [-0.15, -0.1) is 0 Å². The lowest BCUT2D eigenvalue weighted by Gasteiger charge is -2.25. The number of aryl methyl sites for hydroxylation is 1. The maximum absolute atomic E-state index is 11.1. The van der Waals surface area contributed by atoms with Crippen LogP contribution in [-0.4, -0.2) is 46.7 Å². The number of anilines is 1. The van der Waals surface area contributed by atoms with Gasteiger partial charge in [-0.2, -0.15) is 4.37 Å². The summed E-state index contributed by atoms with van der Waals surface area (Å²) in [5, 5.41) is 9.89. The zero-order valence-electron chi connectivity index (χ0n) is 10.5. The summed E-state index contributed by atoms with van der Waals surface area (Å²) in [4.78, 5) is 17.4. The van der Waals surface area contributed by atoms with Crippen molar-refractivity contribution in [1.82, 2.24) is 9.36 Å². The standard InChI is InChI=1S/C11H17N3O3S/c1-3-4-9-12-11(18-13-9)14(2)8-6-17-5-7(8)10(15)16/h7-8H,3-6H2,1-2H3,(H,15,16). The van der Waals surface area contributed by atoms with Crippen molar-refractivity contribution in [2.45, 2.75) is 25.8 Å². The molecule has 18 heavy (non-hydrogen) atoms. The van der Waals surface area contributed by atoms with Crippen molar-refractivity contribution in [3.8, 4) is 0 Å². The molecule has 1 aliphatic heterocycles. The Morgan fingerprint density at radius 1 is 1.61 bits per heavy atom. The predicted molar refractivity (Wildman–Crippen MR) is 68.0 cm³/mol. The summed E-state index contributed by atoms with van der Waals surface area (Å²) in [6.07, 6.45) is 1.86. The summed E-state index contributed by atoms with van der Waals surface area (Å²) in [6.45, 7) is 2.77. The summed E-state index contributed by atoms with van der Waals surface area (Å²) in [5.41, 5.74) is 0. The Morgan fingerprint density at radius 3 is 3.06 bits per heavy atom. The van der Waals surface area contributed by atoms with Crippen LogP contribution in [0.1, 0.15) is 19.2 Å². The predicted octanol–water partition coefficient (Wildman–Crippen LogP) is 1.03. The summed E-state index contributed by atoms with van der Waals surface area (Å²) >= 11 is 1.31. The zero-order valence-corrected chi connectivity index (χ0v) is 11.3. The average molecular weight is 271 g/mol.